The van der Waals surface area contributed by atoms with Crippen molar-refractivity contribution in [3.8, 4) is 0 Å². The second-order valence-electron chi connectivity index (χ2n) is 3.49. The maximum Gasteiger partial charge on any atom is 0.264 e. The Morgan fingerprint density at radius 3 is 2.74 bits per heavy atom. The maximum absolute atomic E-state index is 13.5. The monoisotopic (exact) mass is 283 g/mol. The Morgan fingerprint density at radius 2 is 2.11 bits per heavy atom. The number of halogens is 1. The molecule has 7 nitrogen and oxygen atoms in total. The van der Waals surface area contributed by atoms with E-state index in [0.29, 0.717) is 0 Å². The Balaban J connectivity index is 2.43. The molecule has 1 heterocycles. The number of sulfonamides is 1. The topological polar surface area (TPSA) is 111 Å². The smallest absolute Gasteiger partial charge is 0.264 e. The summed E-state index contributed by atoms with van der Waals surface area (Å²) in [5.41, 5.74) is 5.27. The zero-order valence-corrected chi connectivity index (χ0v) is 10.4. The van der Waals surface area contributed by atoms with Crippen LogP contribution in [0.15, 0.2) is 35.5 Å². The summed E-state index contributed by atoms with van der Waals surface area (Å²) >= 11 is 0. The van der Waals surface area contributed by atoms with Gasteiger partial charge in [-0.3, -0.25) is 0 Å². The minimum Gasteiger partial charge on any atom is -0.326 e. The normalized spacial score (nSPS) is 11.3. The van der Waals surface area contributed by atoms with E-state index >= 15 is 0 Å². The molecule has 9 heteroatoms. The maximum atomic E-state index is 13.5. The molecule has 1 aromatic heterocycles. The molecule has 0 fully saturated rings. The van der Waals surface area contributed by atoms with Gasteiger partial charge in [-0.05, 0) is 12.1 Å². The Bertz CT molecular complexity index is 678. The highest BCUT2D eigenvalue weighted by atomic mass is 32.2. The van der Waals surface area contributed by atoms with Crippen LogP contribution in [0, 0.1) is 5.82 Å². The second-order valence-corrected chi connectivity index (χ2v) is 5.14. The molecule has 0 spiro atoms. The van der Waals surface area contributed by atoms with E-state index in [9.17, 15) is 12.8 Å². The number of anilines is 1. The predicted octanol–water partition coefficient (Wildman–Crippen LogP) is 0.270. The molecular formula is C10H10FN5O2S. The van der Waals surface area contributed by atoms with Gasteiger partial charge in [-0.25, -0.2) is 22.5 Å². The van der Waals surface area contributed by atoms with E-state index < -0.39 is 15.8 Å². The molecule has 0 unspecified atom stereocenters. The standard InChI is InChI=1S/C10H10FN5O2S/c11-8-2-1-3-9(7(8)6-12)19(17,18)16-10-13-4-5-14-15-10/h1-5H,6,12H2,(H,13,15,16). The van der Waals surface area contributed by atoms with Crippen LogP contribution in [0.1, 0.15) is 5.56 Å². The molecule has 0 bridgehead atoms. The summed E-state index contributed by atoms with van der Waals surface area (Å²) in [6, 6.07) is 3.68. The van der Waals surface area contributed by atoms with Crippen molar-refractivity contribution < 1.29 is 12.8 Å². The first kappa shape index (κ1) is 13.3. The average molecular weight is 283 g/mol. The summed E-state index contributed by atoms with van der Waals surface area (Å²) in [6.45, 7) is -0.239. The van der Waals surface area contributed by atoms with Gasteiger partial charge in [0.15, 0.2) is 0 Å². The van der Waals surface area contributed by atoms with Crippen LogP contribution < -0.4 is 10.5 Å². The molecule has 0 atom stereocenters. The number of aromatic nitrogens is 3. The molecule has 2 aromatic rings. The molecule has 2 rings (SSSR count). The van der Waals surface area contributed by atoms with Gasteiger partial charge in [-0.2, -0.15) is 5.10 Å². The predicted molar refractivity (Wildman–Crippen MR) is 64.9 cm³/mol. The third-order valence-corrected chi connectivity index (χ3v) is 3.69. The molecule has 3 N–H and O–H groups in total. The van der Waals surface area contributed by atoms with E-state index in [1.54, 1.807) is 0 Å². The van der Waals surface area contributed by atoms with Crippen molar-refractivity contribution in [1.29, 1.82) is 0 Å². The van der Waals surface area contributed by atoms with Crippen molar-refractivity contribution >= 4 is 16.0 Å². The Hall–Kier alpha value is -2.13. The van der Waals surface area contributed by atoms with Crippen LogP contribution in [0.5, 0.6) is 0 Å². The van der Waals surface area contributed by atoms with Crippen LogP contribution in [-0.4, -0.2) is 23.6 Å². The molecule has 0 aliphatic carbocycles. The highest BCUT2D eigenvalue weighted by Crippen LogP contribution is 2.20. The third kappa shape index (κ3) is 2.83. The second kappa shape index (κ2) is 5.24. The SMILES string of the molecule is NCc1c(F)cccc1S(=O)(=O)Nc1nccnn1. The fraction of sp³-hybridized carbons (Fsp3) is 0.100. The number of nitrogens with one attached hydrogen (secondary N) is 1. The van der Waals surface area contributed by atoms with E-state index in [1.165, 1.54) is 24.5 Å². The number of nitrogens with zero attached hydrogens (tertiary/aromatic N) is 3. The summed E-state index contributed by atoms with van der Waals surface area (Å²) in [4.78, 5) is 3.43. The van der Waals surface area contributed by atoms with Crippen molar-refractivity contribution in [2.24, 2.45) is 5.73 Å². The molecule has 0 amide bonds. The van der Waals surface area contributed by atoms with Crippen LogP contribution in [0.2, 0.25) is 0 Å². The molecule has 19 heavy (non-hydrogen) atoms. The quantitative estimate of drug-likeness (QED) is 0.833. The number of rotatable bonds is 4. The Labute approximate surface area is 108 Å². The molecule has 0 aliphatic rings. The van der Waals surface area contributed by atoms with E-state index in [4.69, 9.17) is 5.73 Å². The highest BCUT2D eigenvalue weighted by molar-refractivity contribution is 7.92. The summed E-state index contributed by atoms with van der Waals surface area (Å²) in [5, 5.41) is 6.98. The summed E-state index contributed by atoms with van der Waals surface area (Å²) in [7, 11) is -4.01. The minimum absolute atomic E-state index is 0.0982. The van der Waals surface area contributed by atoms with Gasteiger partial charge in [-0.15, -0.1) is 5.10 Å². The van der Waals surface area contributed by atoms with Gasteiger partial charge in [0.2, 0.25) is 0 Å². The van der Waals surface area contributed by atoms with Crippen molar-refractivity contribution in [2.75, 3.05) is 4.72 Å². The van der Waals surface area contributed by atoms with Crippen molar-refractivity contribution in [3.63, 3.8) is 0 Å². The van der Waals surface area contributed by atoms with Crippen molar-refractivity contribution in [2.45, 2.75) is 11.4 Å². The third-order valence-electron chi connectivity index (χ3n) is 2.28. The molecule has 1 aromatic carbocycles. The van der Waals surface area contributed by atoms with Gasteiger partial charge in [0.25, 0.3) is 16.0 Å². The van der Waals surface area contributed by atoms with E-state index in [0.717, 1.165) is 6.07 Å². The van der Waals surface area contributed by atoms with E-state index in [-0.39, 0.29) is 23.0 Å². The summed E-state index contributed by atoms with van der Waals surface area (Å²) in [6.07, 6.45) is 2.57. The lowest BCUT2D eigenvalue weighted by atomic mass is 10.2. The number of nitrogens with two attached hydrogens (primary N) is 1. The van der Waals surface area contributed by atoms with Crippen LogP contribution in [0.3, 0.4) is 0 Å². The highest BCUT2D eigenvalue weighted by Gasteiger charge is 2.21. The number of hydrogen-bond donors (Lipinski definition) is 2. The fourth-order valence-corrected chi connectivity index (χ4v) is 2.67. The largest absolute Gasteiger partial charge is 0.326 e. The molecule has 0 radical (unpaired) electrons. The molecule has 0 saturated carbocycles. The first-order chi connectivity index (χ1) is 9.04. The summed E-state index contributed by atoms with van der Waals surface area (Å²) in [5.74, 6) is -0.882. The van der Waals surface area contributed by atoms with Crippen molar-refractivity contribution in [1.82, 2.24) is 15.2 Å². The Kier molecular flexibility index (Phi) is 3.67. The molecule has 100 valence electrons. The fourth-order valence-electron chi connectivity index (χ4n) is 1.46. The lowest BCUT2D eigenvalue weighted by Crippen LogP contribution is -2.18. The van der Waals surface area contributed by atoms with Crippen LogP contribution in [0.25, 0.3) is 0 Å². The van der Waals surface area contributed by atoms with Gasteiger partial charge in [-0.1, -0.05) is 6.07 Å². The zero-order chi connectivity index (χ0) is 13.9. The molecule has 0 aliphatic heterocycles. The van der Waals surface area contributed by atoms with E-state index in [2.05, 4.69) is 19.9 Å². The van der Waals surface area contributed by atoms with Crippen LogP contribution in [0.4, 0.5) is 10.3 Å². The van der Waals surface area contributed by atoms with Crippen LogP contribution in [-0.2, 0) is 16.6 Å². The van der Waals surface area contributed by atoms with Crippen molar-refractivity contribution in [3.05, 3.63) is 42.0 Å². The summed E-state index contributed by atoms with van der Waals surface area (Å²) < 4.78 is 39.8. The molecular weight excluding hydrogens is 273 g/mol. The van der Waals surface area contributed by atoms with Gasteiger partial charge < -0.3 is 5.73 Å². The lowest BCUT2D eigenvalue weighted by Gasteiger charge is -2.10. The van der Waals surface area contributed by atoms with Gasteiger partial charge in [0.1, 0.15) is 5.82 Å². The lowest BCUT2D eigenvalue weighted by molar-refractivity contribution is 0.585. The van der Waals surface area contributed by atoms with Gasteiger partial charge in [0, 0.05) is 12.1 Å². The first-order valence-electron chi connectivity index (χ1n) is 5.18. The minimum atomic E-state index is -4.01. The number of hydrogen-bond acceptors (Lipinski definition) is 6. The van der Waals surface area contributed by atoms with Gasteiger partial charge in [0.05, 0.1) is 17.3 Å². The van der Waals surface area contributed by atoms with Gasteiger partial charge >= 0.3 is 0 Å². The average Bonchev–Trinajstić information content (AvgIpc) is 2.39. The van der Waals surface area contributed by atoms with E-state index in [1.807, 2.05) is 0 Å². The zero-order valence-electron chi connectivity index (χ0n) is 9.62. The Morgan fingerprint density at radius 1 is 1.32 bits per heavy atom. The van der Waals surface area contributed by atoms with Crippen LogP contribution >= 0.6 is 0 Å². The molecule has 0 saturated heterocycles. The first-order valence-corrected chi connectivity index (χ1v) is 6.67. The number of benzene rings is 1.